The average molecular weight is 247 g/mol. The predicted octanol–water partition coefficient (Wildman–Crippen LogP) is 2.18. The molecule has 0 saturated heterocycles. The molecule has 4 heteroatoms. The summed E-state index contributed by atoms with van der Waals surface area (Å²) >= 11 is 0. The maximum Gasteiger partial charge on any atom is 0.253 e. The first-order valence-corrected chi connectivity index (χ1v) is 6.43. The van der Waals surface area contributed by atoms with Gasteiger partial charge in [-0.05, 0) is 30.5 Å². The zero-order chi connectivity index (χ0) is 13.1. The van der Waals surface area contributed by atoms with Gasteiger partial charge in [0.1, 0.15) is 0 Å². The predicted molar refractivity (Wildman–Crippen MR) is 74.7 cm³/mol. The fourth-order valence-electron chi connectivity index (χ4n) is 1.93. The van der Waals surface area contributed by atoms with Gasteiger partial charge in [-0.2, -0.15) is 0 Å². The molecule has 0 aliphatic heterocycles. The lowest BCUT2D eigenvalue weighted by Crippen LogP contribution is -2.21. The van der Waals surface area contributed by atoms with E-state index in [2.05, 4.69) is 5.32 Å². The molecule has 0 atom stereocenters. The third kappa shape index (κ3) is 3.15. The molecular formula is C14H21N3O. The van der Waals surface area contributed by atoms with Crippen molar-refractivity contribution in [1.29, 1.82) is 0 Å². The van der Waals surface area contributed by atoms with E-state index in [4.69, 9.17) is 5.73 Å². The highest BCUT2D eigenvalue weighted by atomic mass is 16.2. The molecule has 98 valence electrons. The molecule has 1 aliphatic rings. The number of carbonyl (C=O) groups excluding carboxylic acids is 1. The van der Waals surface area contributed by atoms with Crippen LogP contribution < -0.4 is 11.1 Å². The molecule has 1 fully saturated rings. The normalized spacial score (nSPS) is 14.3. The molecule has 2 rings (SSSR count). The quantitative estimate of drug-likeness (QED) is 0.784. The first-order valence-electron chi connectivity index (χ1n) is 6.43. The van der Waals surface area contributed by atoms with Crippen LogP contribution in [0.3, 0.4) is 0 Å². The van der Waals surface area contributed by atoms with Crippen molar-refractivity contribution >= 4 is 17.3 Å². The lowest BCUT2D eigenvalue weighted by molar-refractivity contribution is 0.0827. The molecule has 4 nitrogen and oxygen atoms in total. The van der Waals surface area contributed by atoms with Crippen LogP contribution >= 0.6 is 0 Å². The molecule has 0 bridgehead atoms. The van der Waals surface area contributed by atoms with Crippen molar-refractivity contribution < 1.29 is 4.79 Å². The third-order valence-electron chi connectivity index (χ3n) is 3.27. The minimum absolute atomic E-state index is 0.0220. The molecule has 0 aromatic heterocycles. The third-order valence-corrected chi connectivity index (χ3v) is 3.27. The second-order valence-corrected chi connectivity index (χ2v) is 5.16. The molecule has 1 aromatic rings. The maximum absolute atomic E-state index is 11.8. The summed E-state index contributed by atoms with van der Waals surface area (Å²) in [6.07, 6.45) is 3.94. The van der Waals surface area contributed by atoms with Gasteiger partial charge in [0.2, 0.25) is 0 Å². The molecule has 0 spiro atoms. The Morgan fingerprint density at radius 1 is 1.44 bits per heavy atom. The van der Waals surface area contributed by atoms with E-state index in [-0.39, 0.29) is 5.91 Å². The van der Waals surface area contributed by atoms with E-state index in [1.807, 2.05) is 12.1 Å². The molecule has 0 unspecified atom stereocenters. The average Bonchev–Trinajstić information content (AvgIpc) is 3.14. The summed E-state index contributed by atoms with van der Waals surface area (Å²) in [7, 11) is 3.47. The lowest BCUT2D eigenvalue weighted by atomic mass is 10.1. The highest BCUT2D eigenvalue weighted by Crippen LogP contribution is 2.32. The zero-order valence-electron chi connectivity index (χ0n) is 11.1. The van der Waals surface area contributed by atoms with Crippen molar-refractivity contribution in [3.63, 3.8) is 0 Å². The number of rotatable bonds is 5. The molecule has 1 saturated carbocycles. The fourth-order valence-corrected chi connectivity index (χ4v) is 1.93. The number of nitrogen functional groups attached to an aromatic ring is 1. The summed E-state index contributed by atoms with van der Waals surface area (Å²) in [6, 6.07) is 5.44. The van der Waals surface area contributed by atoms with E-state index in [1.54, 1.807) is 25.1 Å². The number of carbonyl (C=O) groups is 1. The van der Waals surface area contributed by atoms with Crippen LogP contribution in [0.4, 0.5) is 11.4 Å². The summed E-state index contributed by atoms with van der Waals surface area (Å²) in [4.78, 5) is 13.3. The van der Waals surface area contributed by atoms with Crippen LogP contribution in [-0.2, 0) is 0 Å². The Bertz CT molecular complexity index is 439. The van der Waals surface area contributed by atoms with Crippen molar-refractivity contribution in [3.05, 3.63) is 23.8 Å². The lowest BCUT2D eigenvalue weighted by Gasteiger charge is -2.13. The summed E-state index contributed by atoms with van der Waals surface area (Å²) in [5.41, 5.74) is 8.15. The number of hydrogen-bond donors (Lipinski definition) is 2. The Hall–Kier alpha value is -1.71. The highest BCUT2D eigenvalue weighted by Gasteiger charge is 2.20. The molecule has 3 N–H and O–H groups in total. The first-order chi connectivity index (χ1) is 8.58. The Labute approximate surface area is 108 Å². The summed E-state index contributed by atoms with van der Waals surface area (Å²) in [5.74, 6) is 0.888. The maximum atomic E-state index is 11.8. The van der Waals surface area contributed by atoms with Crippen molar-refractivity contribution in [2.45, 2.75) is 19.3 Å². The second kappa shape index (κ2) is 5.29. The molecule has 0 heterocycles. The van der Waals surface area contributed by atoms with Gasteiger partial charge >= 0.3 is 0 Å². The Morgan fingerprint density at radius 3 is 2.72 bits per heavy atom. The van der Waals surface area contributed by atoms with Gasteiger partial charge in [-0.25, -0.2) is 0 Å². The van der Waals surface area contributed by atoms with Gasteiger partial charge < -0.3 is 16.0 Å². The van der Waals surface area contributed by atoms with Crippen molar-refractivity contribution in [2.75, 3.05) is 31.7 Å². The van der Waals surface area contributed by atoms with Crippen LogP contribution in [0.1, 0.15) is 29.6 Å². The molecular weight excluding hydrogens is 226 g/mol. The van der Waals surface area contributed by atoms with Crippen LogP contribution in [-0.4, -0.2) is 31.4 Å². The van der Waals surface area contributed by atoms with Crippen LogP contribution in [0.25, 0.3) is 0 Å². The summed E-state index contributed by atoms with van der Waals surface area (Å²) in [5, 5.41) is 3.33. The van der Waals surface area contributed by atoms with Crippen LogP contribution in [0.2, 0.25) is 0 Å². The highest BCUT2D eigenvalue weighted by molar-refractivity contribution is 5.95. The molecule has 1 aliphatic carbocycles. The SMILES string of the molecule is CN(C)C(=O)c1ccc(NCCC2CC2)c(N)c1. The van der Waals surface area contributed by atoms with E-state index in [9.17, 15) is 4.79 Å². The van der Waals surface area contributed by atoms with Crippen LogP contribution in [0, 0.1) is 5.92 Å². The van der Waals surface area contributed by atoms with E-state index >= 15 is 0 Å². The van der Waals surface area contributed by atoms with Gasteiger partial charge in [-0.3, -0.25) is 4.79 Å². The van der Waals surface area contributed by atoms with Crippen LogP contribution in [0.5, 0.6) is 0 Å². The van der Waals surface area contributed by atoms with Gasteiger partial charge in [0, 0.05) is 26.2 Å². The van der Waals surface area contributed by atoms with E-state index in [0.717, 1.165) is 18.2 Å². The minimum atomic E-state index is -0.0220. The van der Waals surface area contributed by atoms with Gasteiger partial charge in [0.15, 0.2) is 0 Å². The largest absolute Gasteiger partial charge is 0.397 e. The molecule has 1 amide bonds. The van der Waals surface area contributed by atoms with Gasteiger partial charge in [-0.1, -0.05) is 12.8 Å². The Kier molecular flexibility index (Phi) is 3.75. The minimum Gasteiger partial charge on any atom is -0.397 e. The van der Waals surface area contributed by atoms with E-state index in [0.29, 0.717) is 11.3 Å². The van der Waals surface area contributed by atoms with Gasteiger partial charge in [-0.15, -0.1) is 0 Å². The monoisotopic (exact) mass is 247 g/mol. The number of nitrogens with one attached hydrogen (secondary N) is 1. The number of nitrogens with two attached hydrogens (primary N) is 1. The van der Waals surface area contributed by atoms with E-state index < -0.39 is 0 Å². The fraction of sp³-hybridized carbons (Fsp3) is 0.500. The van der Waals surface area contributed by atoms with Crippen LogP contribution in [0.15, 0.2) is 18.2 Å². The summed E-state index contributed by atoms with van der Waals surface area (Å²) < 4.78 is 0. The first kappa shape index (κ1) is 12.7. The molecule has 1 aromatic carbocycles. The number of benzene rings is 1. The number of anilines is 2. The zero-order valence-corrected chi connectivity index (χ0v) is 11.1. The molecule has 18 heavy (non-hydrogen) atoms. The smallest absolute Gasteiger partial charge is 0.253 e. The van der Waals surface area contributed by atoms with Crippen molar-refractivity contribution in [1.82, 2.24) is 4.90 Å². The van der Waals surface area contributed by atoms with E-state index in [1.165, 1.54) is 19.3 Å². The topological polar surface area (TPSA) is 58.4 Å². The van der Waals surface area contributed by atoms with Gasteiger partial charge in [0.25, 0.3) is 5.91 Å². The Balaban J connectivity index is 1.97. The molecule has 0 radical (unpaired) electrons. The summed E-state index contributed by atoms with van der Waals surface area (Å²) in [6.45, 7) is 0.954. The van der Waals surface area contributed by atoms with Crippen molar-refractivity contribution in [3.8, 4) is 0 Å². The number of nitrogens with zero attached hydrogens (tertiary/aromatic N) is 1. The number of amides is 1. The van der Waals surface area contributed by atoms with Crippen molar-refractivity contribution in [2.24, 2.45) is 5.92 Å². The van der Waals surface area contributed by atoms with Gasteiger partial charge in [0.05, 0.1) is 11.4 Å². The second-order valence-electron chi connectivity index (χ2n) is 5.16. The number of hydrogen-bond acceptors (Lipinski definition) is 3. The standard InChI is InChI=1S/C14H21N3O/c1-17(2)14(18)11-5-6-13(12(15)9-11)16-8-7-10-3-4-10/h5-6,9-10,16H,3-4,7-8,15H2,1-2H3. The Morgan fingerprint density at radius 2 is 2.17 bits per heavy atom.